The van der Waals surface area contributed by atoms with Crippen molar-refractivity contribution in [2.45, 2.75) is 0 Å². The Kier molecular flexibility index (Phi) is 1.44. The molecule has 0 atom stereocenters. The van der Waals surface area contributed by atoms with E-state index in [9.17, 15) is 0 Å². The van der Waals surface area contributed by atoms with Crippen molar-refractivity contribution in [3.05, 3.63) is 23.8 Å². The molecule has 0 saturated carbocycles. The SMILES string of the molecule is C1=CNC2=C(C=N1)CN=CN2. The number of nitrogens with one attached hydrogen (secondary N) is 2. The fourth-order valence-electron chi connectivity index (χ4n) is 0.962. The number of rotatable bonds is 0. The summed E-state index contributed by atoms with van der Waals surface area (Å²) < 4.78 is 0. The quantitative estimate of drug-likeness (QED) is 0.507. The maximum Gasteiger partial charge on any atom is 0.115 e. The van der Waals surface area contributed by atoms with E-state index in [-0.39, 0.29) is 0 Å². The van der Waals surface area contributed by atoms with Gasteiger partial charge >= 0.3 is 0 Å². The van der Waals surface area contributed by atoms with Crippen LogP contribution in [0.2, 0.25) is 0 Å². The topological polar surface area (TPSA) is 48.8 Å². The van der Waals surface area contributed by atoms with E-state index in [1.807, 2.05) is 0 Å². The lowest BCUT2D eigenvalue weighted by molar-refractivity contribution is 0.900. The van der Waals surface area contributed by atoms with Gasteiger partial charge in [-0.25, -0.2) is 0 Å². The summed E-state index contributed by atoms with van der Waals surface area (Å²) in [5.41, 5.74) is 1.08. The molecule has 56 valence electrons. The lowest BCUT2D eigenvalue weighted by Gasteiger charge is -2.12. The monoisotopic (exact) mass is 148 g/mol. The molecule has 2 N–H and O–H groups in total. The highest BCUT2D eigenvalue weighted by atomic mass is 15.1. The van der Waals surface area contributed by atoms with Gasteiger partial charge in [-0.15, -0.1) is 0 Å². The minimum atomic E-state index is 0.695. The van der Waals surface area contributed by atoms with Crippen molar-refractivity contribution in [2.75, 3.05) is 6.54 Å². The standard InChI is InChI=1S/C7H8N4/c1-2-10-7-6(3-8-1)4-9-5-11-7/h1-3,5,10H,4H2,(H,9,11). The Labute approximate surface area is 64.4 Å². The Morgan fingerprint density at radius 3 is 3.36 bits per heavy atom. The molecule has 0 aromatic heterocycles. The molecule has 0 aromatic rings. The summed E-state index contributed by atoms with van der Waals surface area (Å²) in [7, 11) is 0. The molecule has 0 spiro atoms. The van der Waals surface area contributed by atoms with Crippen molar-refractivity contribution in [3.8, 4) is 0 Å². The van der Waals surface area contributed by atoms with Crippen molar-refractivity contribution in [1.29, 1.82) is 0 Å². The molecule has 2 heterocycles. The summed E-state index contributed by atoms with van der Waals surface area (Å²) in [6.45, 7) is 0.695. The van der Waals surface area contributed by atoms with Gasteiger partial charge in [-0.2, -0.15) is 0 Å². The summed E-state index contributed by atoms with van der Waals surface area (Å²) in [6.07, 6.45) is 6.97. The van der Waals surface area contributed by atoms with Crippen molar-refractivity contribution in [1.82, 2.24) is 10.6 Å². The van der Waals surface area contributed by atoms with E-state index >= 15 is 0 Å². The van der Waals surface area contributed by atoms with E-state index < -0.39 is 0 Å². The van der Waals surface area contributed by atoms with Crippen molar-refractivity contribution >= 4 is 12.6 Å². The zero-order valence-electron chi connectivity index (χ0n) is 5.91. The average Bonchev–Trinajstić information content (AvgIpc) is 2.28. The Hall–Kier alpha value is -1.58. The molecule has 11 heavy (non-hydrogen) atoms. The molecular formula is C7H8N4. The Bertz CT molecular complexity index is 272. The predicted molar refractivity (Wildman–Crippen MR) is 44.3 cm³/mol. The first-order valence-corrected chi connectivity index (χ1v) is 3.39. The van der Waals surface area contributed by atoms with Crippen LogP contribution in [-0.2, 0) is 0 Å². The van der Waals surface area contributed by atoms with Gasteiger partial charge in [0.25, 0.3) is 0 Å². The highest BCUT2D eigenvalue weighted by molar-refractivity contribution is 5.83. The number of aliphatic imine (C=N–C) groups is 2. The second-order valence-electron chi connectivity index (χ2n) is 2.25. The summed E-state index contributed by atoms with van der Waals surface area (Å²) in [5, 5.41) is 6.05. The molecule has 2 aliphatic rings. The Balaban J connectivity index is 2.28. The lowest BCUT2D eigenvalue weighted by atomic mass is 10.2. The zero-order valence-corrected chi connectivity index (χ0v) is 5.91. The van der Waals surface area contributed by atoms with Crippen LogP contribution in [0.3, 0.4) is 0 Å². The van der Waals surface area contributed by atoms with E-state index in [1.165, 1.54) is 0 Å². The van der Waals surface area contributed by atoms with Gasteiger partial charge in [0, 0.05) is 24.2 Å². The van der Waals surface area contributed by atoms with Crippen LogP contribution in [0.15, 0.2) is 33.8 Å². The van der Waals surface area contributed by atoms with Gasteiger partial charge in [0.1, 0.15) is 5.82 Å². The van der Waals surface area contributed by atoms with Gasteiger partial charge in [-0.05, 0) is 0 Å². The van der Waals surface area contributed by atoms with Crippen LogP contribution in [0.5, 0.6) is 0 Å². The minimum absolute atomic E-state index is 0.695. The molecule has 0 fully saturated rings. The first-order chi connectivity index (χ1) is 5.47. The normalized spacial score (nSPS) is 20.4. The lowest BCUT2D eigenvalue weighted by Crippen LogP contribution is -2.27. The van der Waals surface area contributed by atoms with E-state index in [0.717, 1.165) is 11.4 Å². The highest BCUT2D eigenvalue weighted by Crippen LogP contribution is 2.02. The van der Waals surface area contributed by atoms with Crippen molar-refractivity contribution in [2.24, 2.45) is 9.98 Å². The predicted octanol–water partition coefficient (Wildman–Crippen LogP) is -0.0253. The highest BCUT2D eigenvalue weighted by Gasteiger charge is 2.06. The Morgan fingerprint density at radius 2 is 2.36 bits per heavy atom. The second-order valence-corrected chi connectivity index (χ2v) is 2.25. The molecule has 0 aliphatic carbocycles. The van der Waals surface area contributed by atoms with Crippen LogP contribution in [0, 0.1) is 0 Å². The average molecular weight is 148 g/mol. The maximum atomic E-state index is 4.05. The summed E-state index contributed by atoms with van der Waals surface area (Å²) >= 11 is 0. The molecule has 2 aliphatic heterocycles. The molecule has 2 rings (SSSR count). The van der Waals surface area contributed by atoms with Crippen LogP contribution < -0.4 is 10.6 Å². The van der Waals surface area contributed by atoms with E-state index in [0.29, 0.717) is 6.54 Å². The van der Waals surface area contributed by atoms with Gasteiger partial charge in [0.05, 0.1) is 12.9 Å². The fraction of sp³-hybridized carbons (Fsp3) is 0.143. The van der Waals surface area contributed by atoms with Gasteiger partial charge in [-0.1, -0.05) is 0 Å². The number of nitrogens with zero attached hydrogens (tertiary/aromatic N) is 2. The smallest absolute Gasteiger partial charge is 0.115 e. The number of hydrogen-bond donors (Lipinski definition) is 2. The molecule has 0 bridgehead atoms. The third kappa shape index (κ3) is 1.14. The molecule has 4 nitrogen and oxygen atoms in total. The summed E-state index contributed by atoms with van der Waals surface area (Å²) in [4.78, 5) is 8.07. The van der Waals surface area contributed by atoms with E-state index in [1.54, 1.807) is 25.0 Å². The van der Waals surface area contributed by atoms with Crippen LogP contribution >= 0.6 is 0 Å². The van der Waals surface area contributed by atoms with Gasteiger partial charge in [-0.3, -0.25) is 9.98 Å². The maximum absolute atomic E-state index is 4.05. The van der Waals surface area contributed by atoms with Crippen molar-refractivity contribution < 1.29 is 0 Å². The molecule has 0 aromatic carbocycles. The second kappa shape index (κ2) is 2.57. The first-order valence-electron chi connectivity index (χ1n) is 3.39. The van der Waals surface area contributed by atoms with Crippen LogP contribution in [-0.4, -0.2) is 19.1 Å². The van der Waals surface area contributed by atoms with Gasteiger partial charge in [0.15, 0.2) is 0 Å². The molecule has 0 amide bonds. The molecule has 4 heteroatoms. The van der Waals surface area contributed by atoms with Crippen molar-refractivity contribution in [3.63, 3.8) is 0 Å². The molecular weight excluding hydrogens is 140 g/mol. The van der Waals surface area contributed by atoms with Gasteiger partial charge in [0.2, 0.25) is 0 Å². The van der Waals surface area contributed by atoms with Gasteiger partial charge < -0.3 is 10.6 Å². The third-order valence-corrected chi connectivity index (χ3v) is 1.50. The van der Waals surface area contributed by atoms with Crippen LogP contribution in [0.1, 0.15) is 0 Å². The summed E-state index contributed by atoms with van der Waals surface area (Å²) in [6, 6.07) is 0. The summed E-state index contributed by atoms with van der Waals surface area (Å²) in [5.74, 6) is 0.970. The zero-order chi connectivity index (χ0) is 7.52. The van der Waals surface area contributed by atoms with E-state index in [4.69, 9.17) is 0 Å². The van der Waals surface area contributed by atoms with Crippen LogP contribution in [0.4, 0.5) is 0 Å². The largest absolute Gasteiger partial charge is 0.346 e. The fourth-order valence-corrected chi connectivity index (χ4v) is 0.962. The molecule has 0 unspecified atom stereocenters. The van der Waals surface area contributed by atoms with Crippen LogP contribution in [0.25, 0.3) is 0 Å². The minimum Gasteiger partial charge on any atom is -0.346 e. The first kappa shape index (κ1) is 6.15. The molecule has 0 saturated heterocycles. The third-order valence-electron chi connectivity index (χ3n) is 1.50. The molecule has 0 radical (unpaired) electrons. The number of hydrogen-bond acceptors (Lipinski definition) is 4. The Morgan fingerprint density at radius 1 is 1.36 bits per heavy atom. The van der Waals surface area contributed by atoms with E-state index in [2.05, 4.69) is 20.6 Å².